The first-order valence-corrected chi connectivity index (χ1v) is 7.18. The molecule has 0 unspecified atom stereocenters. The molecule has 1 aromatic heterocycles. The van der Waals surface area contributed by atoms with E-state index in [2.05, 4.69) is 0 Å². The third-order valence-corrected chi connectivity index (χ3v) is 4.45. The molecule has 2 rings (SSSR count). The minimum Gasteiger partial charge on any atom is -0.493 e. The highest BCUT2D eigenvalue weighted by Gasteiger charge is 2.13. The van der Waals surface area contributed by atoms with Gasteiger partial charge in [-0.05, 0) is 43.2 Å². The second-order valence-electron chi connectivity index (χ2n) is 4.64. The Balaban J connectivity index is 2.19. The van der Waals surface area contributed by atoms with Crippen LogP contribution in [-0.4, -0.2) is 20.0 Å². The first-order chi connectivity index (χ1) is 9.55. The molecule has 2 aromatic rings. The molecule has 3 nitrogen and oxygen atoms in total. The van der Waals surface area contributed by atoms with E-state index in [4.69, 9.17) is 9.47 Å². The molecule has 0 saturated heterocycles. The molecule has 20 heavy (non-hydrogen) atoms. The second kappa shape index (κ2) is 6.09. The van der Waals surface area contributed by atoms with Gasteiger partial charge in [0.1, 0.15) is 0 Å². The van der Waals surface area contributed by atoms with E-state index in [9.17, 15) is 4.79 Å². The Bertz CT molecular complexity index is 609. The van der Waals surface area contributed by atoms with Crippen LogP contribution in [0.1, 0.15) is 25.7 Å². The normalized spacial score (nSPS) is 10.4. The lowest BCUT2D eigenvalue weighted by atomic mass is 10.1. The van der Waals surface area contributed by atoms with Gasteiger partial charge in [-0.1, -0.05) is 6.07 Å². The van der Waals surface area contributed by atoms with Crippen molar-refractivity contribution in [3.63, 3.8) is 0 Å². The lowest BCUT2D eigenvalue weighted by Gasteiger charge is -2.08. The molecule has 0 N–H and O–H groups in total. The predicted octanol–water partition coefficient (Wildman–Crippen LogP) is 3.81. The molecule has 0 fully saturated rings. The van der Waals surface area contributed by atoms with Crippen molar-refractivity contribution in [2.24, 2.45) is 0 Å². The molecule has 0 bridgehead atoms. The van der Waals surface area contributed by atoms with Gasteiger partial charge in [0.05, 0.1) is 19.1 Å². The van der Waals surface area contributed by atoms with Gasteiger partial charge in [-0.25, -0.2) is 0 Å². The van der Waals surface area contributed by atoms with Crippen LogP contribution in [0.2, 0.25) is 0 Å². The molecule has 4 heteroatoms. The van der Waals surface area contributed by atoms with Crippen LogP contribution < -0.4 is 9.47 Å². The summed E-state index contributed by atoms with van der Waals surface area (Å²) in [5, 5.41) is 0. The molecule has 1 heterocycles. The molecule has 0 radical (unpaired) electrons. The fraction of sp³-hybridized carbons (Fsp3) is 0.312. The lowest BCUT2D eigenvalue weighted by Crippen LogP contribution is -2.02. The van der Waals surface area contributed by atoms with E-state index in [0.29, 0.717) is 17.9 Å². The minimum absolute atomic E-state index is 0.137. The maximum absolute atomic E-state index is 12.3. The Morgan fingerprint density at radius 2 is 1.80 bits per heavy atom. The molecule has 0 aliphatic heterocycles. The standard InChI is InChI=1S/C16H18O3S/c1-10-7-16(20-11(10)2)13(17)8-12-5-6-14(18-3)15(9-12)19-4/h5-7,9H,8H2,1-4H3. The molecular formula is C16H18O3S. The molecule has 106 valence electrons. The Hall–Kier alpha value is -1.81. The zero-order chi connectivity index (χ0) is 14.7. The van der Waals surface area contributed by atoms with Gasteiger partial charge in [0.25, 0.3) is 0 Å². The molecular weight excluding hydrogens is 272 g/mol. The first kappa shape index (κ1) is 14.6. The second-order valence-corrected chi connectivity index (χ2v) is 5.90. The zero-order valence-electron chi connectivity index (χ0n) is 12.1. The van der Waals surface area contributed by atoms with E-state index >= 15 is 0 Å². The minimum atomic E-state index is 0.137. The Labute approximate surface area is 123 Å². The lowest BCUT2D eigenvalue weighted by molar-refractivity contribution is 0.0996. The quantitative estimate of drug-likeness (QED) is 0.786. The van der Waals surface area contributed by atoms with Crippen molar-refractivity contribution in [3.8, 4) is 11.5 Å². The van der Waals surface area contributed by atoms with E-state index in [1.807, 2.05) is 38.1 Å². The number of methoxy groups -OCH3 is 2. The Morgan fingerprint density at radius 1 is 1.10 bits per heavy atom. The molecule has 0 saturated carbocycles. The third-order valence-electron chi connectivity index (χ3n) is 3.25. The van der Waals surface area contributed by atoms with Gasteiger partial charge in [-0.2, -0.15) is 0 Å². The van der Waals surface area contributed by atoms with E-state index in [-0.39, 0.29) is 5.78 Å². The number of carbonyl (C=O) groups is 1. The molecule has 1 aromatic carbocycles. The van der Waals surface area contributed by atoms with Crippen LogP contribution in [0.15, 0.2) is 24.3 Å². The number of carbonyl (C=O) groups excluding carboxylic acids is 1. The largest absolute Gasteiger partial charge is 0.493 e. The fourth-order valence-corrected chi connectivity index (χ4v) is 2.95. The topological polar surface area (TPSA) is 35.5 Å². The Morgan fingerprint density at radius 3 is 2.35 bits per heavy atom. The average Bonchev–Trinajstić information content (AvgIpc) is 2.78. The zero-order valence-corrected chi connectivity index (χ0v) is 13.0. The molecule has 0 aliphatic rings. The number of benzene rings is 1. The summed E-state index contributed by atoms with van der Waals surface area (Å²) in [6.07, 6.45) is 0.375. The molecule has 0 aliphatic carbocycles. The smallest absolute Gasteiger partial charge is 0.177 e. The van der Waals surface area contributed by atoms with Crippen molar-refractivity contribution in [1.29, 1.82) is 0 Å². The van der Waals surface area contributed by atoms with Crippen LogP contribution in [0.25, 0.3) is 0 Å². The predicted molar refractivity (Wildman–Crippen MR) is 81.4 cm³/mol. The SMILES string of the molecule is COc1ccc(CC(=O)c2cc(C)c(C)s2)cc1OC. The van der Waals surface area contributed by atoms with Gasteiger partial charge in [0.15, 0.2) is 17.3 Å². The monoisotopic (exact) mass is 290 g/mol. The van der Waals surface area contributed by atoms with Crippen LogP contribution in [0.5, 0.6) is 11.5 Å². The summed E-state index contributed by atoms with van der Waals surface area (Å²) in [7, 11) is 3.19. The number of thiophene rings is 1. The van der Waals surface area contributed by atoms with Crippen LogP contribution in [0, 0.1) is 13.8 Å². The van der Waals surface area contributed by atoms with Gasteiger partial charge in [0, 0.05) is 11.3 Å². The van der Waals surface area contributed by atoms with E-state index in [1.54, 1.807) is 25.6 Å². The molecule has 0 atom stereocenters. The van der Waals surface area contributed by atoms with Crippen molar-refractivity contribution in [2.45, 2.75) is 20.3 Å². The van der Waals surface area contributed by atoms with E-state index in [0.717, 1.165) is 10.4 Å². The highest BCUT2D eigenvalue weighted by atomic mass is 32.1. The van der Waals surface area contributed by atoms with Gasteiger partial charge in [-0.3, -0.25) is 4.79 Å². The summed E-state index contributed by atoms with van der Waals surface area (Å²) >= 11 is 1.55. The number of ketones is 1. The number of hydrogen-bond donors (Lipinski definition) is 0. The van der Waals surface area contributed by atoms with E-state index < -0.39 is 0 Å². The van der Waals surface area contributed by atoms with Crippen molar-refractivity contribution in [1.82, 2.24) is 0 Å². The molecule has 0 amide bonds. The highest BCUT2D eigenvalue weighted by molar-refractivity contribution is 7.14. The average molecular weight is 290 g/mol. The number of aryl methyl sites for hydroxylation is 2. The maximum atomic E-state index is 12.3. The van der Waals surface area contributed by atoms with Gasteiger partial charge < -0.3 is 9.47 Å². The third kappa shape index (κ3) is 3.02. The van der Waals surface area contributed by atoms with Crippen molar-refractivity contribution < 1.29 is 14.3 Å². The Kier molecular flexibility index (Phi) is 4.45. The maximum Gasteiger partial charge on any atom is 0.177 e. The summed E-state index contributed by atoms with van der Waals surface area (Å²) in [6, 6.07) is 7.53. The summed E-state index contributed by atoms with van der Waals surface area (Å²) in [4.78, 5) is 14.3. The van der Waals surface area contributed by atoms with Crippen molar-refractivity contribution >= 4 is 17.1 Å². The van der Waals surface area contributed by atoms with Crippen molar-refractivity contribution in [3.05, 3.63) is 45.1 Å². The van der Waals surface area contributed by atoms with Crippen LogP contribution in [0.4, 0.5) is 0 Å². The molecule has 0 spiro atoms. The summed E-state index contributed by atoms with van der Waals surface area (Å²) < 4.78 is 10.4. The van der Waals surface area contributed by atoms with E-state index in [1.165, 1.54) is 10.4 Å². The summed E-state index contributed by atoms with van der Waals surface area (Å²) in [5.41, 5.74) is 2.10. The summed E-state index contributed by atoms with van der Waals surface area (Å²) in [6.45, 7) is 4.06. The number of hydrogen-bond acceptors (Lipinski definition) is 4. The van der Waals surface area contributed by atoms with Gasteiger partial charge in [0.2, 0.25) is 0 Å². The van der Waals surface area contributed by atoms with Crippen LogP contribution in [-0.2, 0) is 6.42 Å². The van der Waals surface area contributed by atoms with Crippen molar-refractivity contribution in [2.75, 3.05) is 14.2 Å². The van der Waals surface area contributed by atoms with Crippen LogP contribution in [0.3, 0.4) is 0 Å². The van der Waals surface area contributed by atoms with Crippen LogP contribution >= 0.6 is 11.3 Å². The fourth-order valence-electron chi connectivity index (χ4n) is 1.97. The first-order valence-electron chi connectivity index (χ1n) is 6.36. The van der Waals surface area contributed by atoms with Gasteiger partial charge >= 0.3 is 0 Å². The summed E-state index contributed by atoms with van der Waals surface area (Å²) in [5.74, 6) is 1.46. The number of Topliss-reactive ketones (excluding diaryl/α,β-unsaturated/α-hetero) is 1. The number of rotatable bonds is 5. The number of ether oxygens (including phenoxy) is 2. The highest BCUT2D eigenvalue weighted by Crippen LogP contribution is 2.28. The van der Waals surface area contributed by atoms with Gasteiger partial charge in [-0.15, -0.1) is 11.3 Å².